The van der Waals surface area contributed by atoms with Gasteiger partial charge in [-0.2, -0.15) is 0 Å². The molecule has 0 spiro atoms. The summed E-state index contributed by atoms with van der Waals surface area (Å²) in [7, 11) is 1.91. The van der Waals surface area contributed by atoms with Gasteiger partial charge in [0.05, 0.1) is 13.2 Å². The zero-order valence-electron chi connectivity index (χ0n) is 19.5. The molecule has 0 radical (unpaired) electrons. The van der Waals surface area contributed by atoms with Crippen molar-refractivity contribution in [3.63, 3.8) is 0 Å². The molecule has 0 aromatic rings. The number of ether oxygens (including phenoxy) is 2. The predicted octanol–water partition coefficient (Wildman–Crippen LogP) is 2.45. The molecular formula is C23H44IN5O2. The van der Waals surface area contributed by atoms with E-state index in [-0.39, 0.29) is 35.1 Å². The van der Waals surface area contributed by atoms with Crippen LogP contribution in [0.2, 0.25) is 0 Å². The van der Waals surface area contributed by atoms with Gasteiger partial charge in [-0.15, -0.1) is 24.0 Å². The summed E-state index contributed by atoms with van der Waals surface area (Å²) < 4.78 is 11.3. The highest BCUT2D eigenvalue weighted by molar-refractivity contribution is 14.0. The summed E-state index contributed by atoms with van der Waals surface area (Å²) in [5.74, 6) is 0.957. The minimum atomic E-state index is 0. The normalized spacial score (nSPS) is 27.5. The molecule has 0 bridgehead atoms. The van der Waals surface area contributed by atoms with Crippen LogP contribution in [0.25, 0.3) is 0 Å². The van der Waals surface area contributed by atoms with Gasteiger partial charge in [-0.1, -0.05) is 19.3 Å². The van der Waals surface area contributed by atoms with Crippen molar-refractivity contribution in [2.75, 3.05) is 72.7 Å². The van der Waals surface area contributed by atoms with Gasteiger partial charge in [-0.05, 0) is 51.6 Å². The average molecular weight is 550 g/mol. The molecule has 4 aliphatic rings. The highest BCUT2D eigenvalue weighted by Gasteiger charge is 2.41. The van der Waals surface area contributed by atoms with Crippen LogP contribution in [-0.4, -0.2) is 99.6 Å². The maximum absolute atomic E-state index is 5.71. The Bertz CT molecular complexity index is 552. The van der Waals surface area contributed by atoms with E-state index in [4.69, 9.17) is 9.47 Å². The minimum absolute atomic E-state index is 0. The molecule has 3 aliphatic heterocycles. The Kier molecular flexibility index (Phi) is 10.1. The van der Waals surface area contributed by atoms with E-state index in [1.54, 1.807) is 0 Å². The molecule has 0 atom stereocenters. The Balaban J connectivity index is 0.00000272. The molecule has 0 amide bonds. The highest BCUT2D eigenvalue weighted by atomic mass is 127. The van der Waals surface area contributed by atoms with Gasteiger partial charge in [-0.25, -0.2) is 0 Å². The van der Waals surface area contributed by atoms with Crippen molar-refractivity contribution in [1.82, 2.24) is 20.4 Å². The predicted molar refractivity (Wildman–Crippen MR) is 137 cm³/mol. The Morgan fingerprint density at radius 2 is 1.23 bits per heavy atom. The maximum atomic E-state index is 5.71. The quantitative estimate of drug-likeness (QED) is 0.302. The van der Waals surface area contributed by atoms with E-state index in [9.17, 15) is 0 Å². The molecule has 0 unspecified atom stereocenters. The molecule has 2 N–H and O–H groups in total. The van der Waals surface area contributed by atoms with Gasteiger partial charge >= 0.3 is 0 Å². The molecule has 31 heavy (non-hydrogen) atoms. The number of aliphatic imine (C=N–C) groups is 1. The van der Waals surface area contributed by atoms with Crippen LogP contribution in [0, 0.1) is 0 Å². The third-order valence-corrected chi connectivity index (χ3v) is 8.06. The first-order valence-corrected chi connectivity index (χ1v) is 12.4. The zero-order valence-corrected chi connectivity index (χ0v) is 21.8. The Morgan fingerprint density at radius 3 is 1.81 bits per heavy atom. The summed E-state index contributed by atoms with van der Waals surface area (Å²) in [5.41, 5.74) is 0.476. The first kappa shape index (κ1) is 25.5. The van der Waals surface area contributed by atoms with Crippen molar-refractivity contribution in [3.8, 4) is 0 Å². The van der Waals surface area contributed by atoms with Crippen molar-refractivity contribution in [3.05, 3.63) is 0 Å². The third kappa shape index (κ3) is 6.25. The lowest BCUT2D eigenvalue weighted by molar-refractivity contribution is -0.0353. The molecule has 4 fully saturated rings. The fourth-order valence-corrected chi connectivity index (χ4v) is 6.12. The number of morpholine rings is 1. The third-order valence-electron chi connectivity index (χ3n) is 8.06. The summed E-state index contributed by atoms with van der Waals surface area (Å²) >= 11 is 0. The molecule has 0 aromatic heterocycles. The van der Waals surface area contributed by atoms with E-state index in [1.807, 2.05) is 7.05 Å². The average Bonchev–Trinajstić information content (AvgIpc) is 3.37. The zero-order chi connectivity index (χ0) is 20.7. The number of nitrogens with zero attached hydrogens (tertiary/aromatic N) is 3. The molecule has 0 aromatic carbocycles. The second kappa shape index (κ2) is 12.3. The number of rotatable bonds is 6. The maximum Gasteiger partial charge on any atom is 0.191 e. The van der Waals surface area contributed by atoms with Crippen LogP contribution in [0.5, 0.6) is 0 Å². The number of likely N-dealkylation sites (tertiary alicyclic amines) is 1. The number of hydrogen-bond acceptors (Lipinski definition) is 5. The second-order valence-corrected chi connectivity index (χ2v) is 9.69. The van der Waals surface area contributed by atoms with E-state index in [1.165, 1.54) is 58.0 Å². The number of halogens is 1. The molecule has 1 saturated carbocycles. The van der Waals surface area contributed by atoms with Crippen molar-refractivity contribution in [2.45, 2.75) is 68.9 Å². The summed E-state index contributed by atoms with van der Waals surface area (Å²) in [4.78, 5) is 10.0. The van der Waals surface area contributed by atoms with Crippen molar-refractivity contribution in [2.24, 2.45) is 4.99 Å². The van der Waals surface area contributed by atoms with Gasteiger partial charge < -0.3 is 20.1 Å². The molecule has 3 heterocycles. The lowest BCUT2D eigenvalue weighted by Gasteiger charge is -2.48. The smallest absolute Gasteiger partial charge is 0.191 e. The Morgan fingerprint density at radius 1 is 0.710 bits per heavy atom. The molecule has 8 heteroatoms. The van der Waals surface area contributed by atoms with Crippen LogP contribution < -0.4 is 10.6 Å². The Labute approximate surface area is 206 Å². The van der Waals surface area contributed by atoms with Crippen LogP contribution >= 0.6 is 24.0 Å². The minimum Gasteiger partial charge on any atom is -0.381 e. The summed E-state index contributed by atoms with van der Waals surface area (Å²) in [6.45, 7) is 10.0. The van der Waals surface area contributed by atoms with E-state index in [0.29, 0.717) is 0 Å². The van der Waals surface area contributed by atoms with E-state index in [2.05, 4.69) is 25.4 Å². The lowest BCUT2D eigenvalue weighted by Crippen LogP contribution is -2.62. The van der Waals surface area contributed by atoms with Gasteiger partial charge in [0, 0.05) is 57.5 Å². The van der Waals surface area contributed by atoms with Crippen LogP contribution in [0.15, 0.2) is 4.99 Å². The SMILES string of the molecule is CN=C(NCC1(N2CCOCC2)CCCCC1)NCC1(N2CCCC2)CCOCC1.I. The summed E-state index contributed by atoms with van der Waals surface area (Å²) in [5, 5.41) is 7.45. The van der Waals surface area contributed by atoms with Gasteiger partial charge in [0.15, 0.2) is 5.96 Å². The standard InChI is InChI=1S/C23H43N5O2.HI/c1-24-21(26-20-23(9-15-29-16-10-23)27-11-5-6-12-27)25-19-22(7-3-2-4-8-22)28-13-17-30-18-14-28;/h2-20H2,1H3,(H2,24,25,26);1H. The largest absolute Gasteiger partial charge is 0.381 e. The second-order valence-electron chi connectivity index (χ2n) is 9.69. The number of nitrogens with one attached hydrogen (secondary N) is 2. The fourth-order valence-electron chi connectivity index (χ4n) is 6.12. The molecule has 3 saturated heterocycles. The van der Waals surface area contributed by atoms with Gasteiger partial charge in [-0.3, -0.25) is 14.8 Å². The van der Waals surface area contributed by atoms with E-state index in [0.717, 1.165) is 71.4 Å². The molecule has 7 nitrogen and oxygen atoms in total. The van der Waals surface area contributed by atoms with Gasteiger partial charge in [0.2, 0.25) is 0 Å². The van der Waals surface area contributed by atoms with Crippen LogP contribution in [0.3, 0.4) is 0 Å². The first-order chi connectivity index (χ1) is 14.8. The molecule has 4 rings (SSSR count). The van der Waals surface area contributed by atoms with Crippen molar-refractivity contribution in [1.29, 1.82) is 0 Å². The van der Waals surface area contributed by atoms with Crippen molar-refractivity contribution < 1.29 is 9.47 Å². The number of hydrogen-bond donors (Lipinski definition) is 2. The van der Waals surface area contributed by atoms with Crippen LogP contribution in [0.1, 0.15) is 57.8 Å². The summed E-state index contributed by atoms with van der Waals surface area (Å²) in [6, 6.07) is 0. The fraction of sp³-hybridized carbons (Fsp3) is 0.957. The molecule has 1 aliphatic carbocycles. The molecule has 180 valence electrons. The Hall–Kier alpha value is -0.160. The van der Waals surface area contributed by atoms with Gasteiger partial charge in [0.25, 0.3) is 0 Å². The van der Waals surface area contributed by atoms with E-state index < -0.39 is 0 Å². The van der Waals surface area contributed by atoms with Crippen LogP contribution in [-0.2, 0) is 9.47 Å². The van der Waals surface area contributed by atoms with E-state index >= 15 is 0 Å². The van der Waals surface area contributed by atoms with Crippen LogP contribution in [0.4, 0.5) is 0 Å². The van der Waals surface area contributed by atoms with Gasteiger partial charge in [0.1, 0.15) is 0 Å². The topological polar surface area (TPSA) is 61.4 Å². The number of guanidine groups is 1. The lowest BCUT2D eigenvalue weighted by atomic mass is 9.79. The summed E-state index contributed by atoms with van der Waals surface area (Å²) in [6.07, 6.45) is 11.5. The first-order valence-electron chi connectivity index (χ1n) is 12.4. The molecular weight excluding hydrogens is 505 g/mol. The highest BCUT2D eigenvalue weighted by Crippen LogP contribution is 2.34. The van der Waals surface area contributed by atoms with Crippen molar-refractivity contribution >= 4 is 29.9 Å². The monoisotopic (exact) mass is 549 g/mol.